The van der Waals surface area contributed by atoms with Crippen molar-refractivity contribution in [3.63, 3.8) is 0 Å². The third-order valence-electron chi connectivity index (χ3n) is 4.10. The highest BCUT2D eigenvalue weighted by Gasteiger charge is 2.73. The van der Waals surface area contributed by atoms with Gasteiger partial charge in [-0.05, 0) is 24.0 Å². The second-order valence-corrected chi connectivity index (χ2v) is 4.73. The molecule has 0 aromatic heterocycles. The van der Waals surface area contributed by atoms with E-state index in [1.807, 2.05) is 12.1 Å². The molecule has 1 saturated carbocycles. The van der Waals surface area contributed by atoms with Crippen LogP contribution in [0.25, 0.3) is 0 Å². The van der Waals surface area contributed by atoms with Crippen LogP contribution in [0.5, 0.6) is 0 Å². The Labute approximate surface area is 82.6 Å². The predicted molar refractivity (Wildman–Crippen MR) is 52.2 cm³/mol. The number of hydrogen-bond acceptors (Lipinski definition) is 1. The molecule has 1 N–H and O–H groups in total. The maximum Gasteiger partial charge on any atom is 0.310 e. The number of rotatable bonds is 1. The average molecular weight is 188 g/mol. The summed E-state index contributed by atoms with van der Waals surface area (Å²) in [7, 11) is 0. The van der Waals surface area contributed by atoms with Gasteiger partial charge in [0, 0.05) is 5.41 Å². The quantitative estimate of drug-likeness (QED) is 0.731. The first-order chi connectivity index (χ1) is 6.60. The highest BCUT2D eigenvalue weighted by Crippen LogP contribution is 2.71. The van der Waals surface area contributed by atoms with E-state index in [9.17, 15) is 9.90 Å². The summed E-state index contributed by atoms with van der Waals surface area (Å²) >= 11 is 0. The summed E-state index contributed by atoms with van der Waals surface area (Å²) in [4.78, 5) is 11.2. The summed E-state index contributed by atoms with van der Waals surface area (Å²) in [6, 6.07) is 8.12. The molecule has 0 radical (unpaired) electrons. The molecule has 0 amide bonds. The molecule has 3 rings (SSSR count). The van der Waals surface area contributed by atoms with E-state index in [2.05, 4.69) is 19.1 Å². The van der Waals surface area contributed by atoms with Crippen LogP contribution in [0, 0.1) is 5.41 Å². The molecule has 2 heteroatoms. The van der Waals surface area contributed by atoms with Crippen LogP contribution in [0.4, 0.5) is 0 Å². The van der Waals surface area contributed by atoms with Gasteiger partial charge in [-0.1, -0.05) is 31.2 Å². The minimum Gasteiger partial charge on any atom is -0.481 e. The van der Waals surface area contributed by atoms with Crippen molar-refractivity contribution in [3.8, 4) is 0 Å². The van der Waals surface area contributed by atoms with Crippen LogP contribution in [-0.4, -0.2) is 11.1 Å². The Balaban J connectivity index is 2.17. The van der Waals surface area contributed by atoms with Crippen LogP contribution in [0.3, 0.4) is 0 Å². The number of aliphatic carboxylic acids is 1. The molecule has 1 fully saturated rings. The number of carboxylic acid groups (broad SMARTS) is 1. The minimum absolute atomic E-state index is 0.0879. The zero-order chi connectivity index (χ0) is 9.97. The first-order valence-electron chi connectivity index (χ1n) is 4.92. The van der Waals surface area contributed by atoms with Crippen molar-refractivity contribution in [1.29, 1.82) is 0 Å². The number of carboxylic acids is 1. The van der Waals surface area contributed by atoms with Gasteiger partial charge >= 0.3 is 5.97 Å². The Morgan fingerprint density at radius 2 is 2.14 bits per heavy atom. The van der Waals surface area contributed by atoms with Gasteiger partial charge in [0.1, 0.15) is 0 Å². The molecule has 0 aliphatic heterocycles. The molecule has 2 nitrogen and oxygen atoms in total. The van der Waals surface area contributed by atoms with Crippen LogP contribution in [0.1, 0.15) is 24.5 Å². The van der Waals surface area contributed by atoms with E-state index in [1.54, 1.807) is 0 Å². The molecule has 1 aromatic carbocycles. The Hall–Kier alpha value is -1.31. The zero-order valence-electron chi connectivity index (χ0n) is 8.08. The van der Waals surface area contributed by atoms with E-state index in [0.717, 1.165) is 12.8 Å². The molecule has 2 unspecified atom stereocenters. The van der Waals surface area contributed by atoms with Crippen molar-refractivity contribution in [2.45, 2.75) is 25.2 Å². The average Bonchev–Trinajstić information content (AvgIpc) is 2.67. The Morgan fingerprint density at radius 3 is 2.79 bits per heavy atom. The van der Waals surface area contributed by atoms with Crippen molar-refractivity contribution >= 4 is 5.97 Å². The van der Waals surface area contributed by atoms with Gasteiger partial charge in [-0.25, -0.2) is 0 Å². The lowest BCUT2D eigenvalue weighted by atomic mass is 9.95. The van der Waals surface area contributed by atoms with Crippen molar-refractivity contribution in [3.05, 3.63) is 35.4 Å². The second-order valence-electron chi connectivity index (χ2n) is 4.73. The number of hydrogen-bond donors (Lipinski definition) is 1. The van der Waals surface area contributed by atoms with Gasteiger partial charge < -0.3 is 5.11 Å². The number of fused-ring (bicyclic) bond motifs is 3. The summed E-state index contributed by atoms with van der Waals surface area (Å²) in [6.07, 6.45) is 1.53. The van der Waals surface area contributed by atoms with Gasteiger partial charge in [-0.15, -0.1) is 0 Å². The molecular weight excluding hydrogens is 176 g/mol. The molecular formula is C12H12O2. The standard InChI is InChI=1S/C12H12O2/c1-11-7-12(11,10(13)14)6-8-4-2-3-5-9(8)11/h2-5H,6-7H2,1H3,(H,13,14). The maximum atomic E-state index is 11.2. The van der Waals surface area contributed by atoms with Crippen LogP contribution in [-0.2, 0) is 16.6 Å². The molecule has 0 heterocycles. The molecule has 72 valence electrons. The lowest BCUT2D eigenvalue weighted by Crippen LogP contribution is -2.21. The highest BCUT2D eigenvalue weighted by atomic mass is 16.4. The van der Waals surface area contributed by atoms with Crippen LogP contribution in [0.2, 0.25) is 0 Å². The zero-order valence-corrected chi connectivity index (χ0v) is 8.08. The van der Waals surface area contributed by atoms with Crippen molar-refractivity contribution in [2.24, 2.45) is 5.41 Å². The topological polar surface area (TPSA) is 37.3 Å². The summed E-state index contributed by atoms with van der Waals surface area (Å²) in [6.45, 7) is 2.08. The van der Waals surface area contributed by atoms with Crippen LogP contribution < -0.4 is 0 Å². The fourth-order valence-corrected chi connectivity index (χ4v) is 3.10. The summed E-state index contributed by atoms with van der Waals surface area (Å²) in [5.41, 5.74) is 1.91. The number of benzene rings is 1. The Kier molecular flexibility index (Phi) is 1.16. The maximum absolute atomic E-state index is 11.2. The third-order valence-corrected chi connectivity index (χ3v) is 4.10. The molecule has 2 atom stereocenters. The predicted octanol–water partition coefficient (Wildman–Crippen LogP) is 1.98. The van der Waals surface area contributed by atoms with Crippen LogP contribution >= 0.6 is 0 Å². The monoisotopic (exact) mass is 188 g/mol. The lowest BCUT2D eigenvalue weighted by molar-refractivity contribution is -0.143. The van der Waals surface area contributed by atoms with Gasteiger partial charge in [0.2, 0.25) is 0 Å². The van der Waals surface area contributed by atoms with E-state index >= 15 is 0 Å². The van der Waals surface area contributed by atoms with E-state index in [1.165, 1.54) is 11.1 Å². The molecule has 2 aliphatic rings. The summed E-state index contributed by atoms with van der Waals surface area (Å²) in [5.74, 6) is -0.629. The van der Waals surface area contributed by atoms with Gasteiger partial charge in [0.25, 0.3) is 0 Å². The van der Waals surface area contributed by atoms with E-state index in [4.69, 9.17) is 0 Å². The first-order valence-corrected chi connectivity index (χ1v) is 4.92. The smallest absolute Gasteiger partial charge is 0.310 e. The molecule has 0 spiro atoms. The highest BCUT2D eigenvalue weighted by molar-refractivity contribution is 5.85. The van der Waals surface area contributed by atoms with E-state index in [-0.39, 0.29) is 5.41 Å². The van der Waals surface area contributed by atoms with Crippen molar-refractivity contribution in [2.75, 3.05) is 0 Å². The fourth-order valence-electron chi connectivity index (χ4n) is 3.10. The largest absolute Gasteiger partial charge is 0.481 e. The van der Waals surface area contributed by atoms with Gasteiger partial charge in [0.05, 0.1) is 5.41 Å². The fraction of sp³-hybridized carbons (Fsp3) is 0.417. The van der Waals surface area contributed by atoms with Gasteiger partial charge in [-0.3, -0.25) is 4.79 Å². The SMILES string of the molecule is CC12CC1(C(=O)O)Cc1ccccc12. The summed E-state index contributed by atoms with van der Waals surface area (Å²) in [5, 5.41) is 9.25. The normalized spacial score (nSPS) is 37.5. The van der Waals surface area contributed by atoms with Crippen molar-refractivity contribution in [1.82, 2.24) is 0 Å². The summed E-state index contributed by atoms with van der Waals surface area (Å²) < 4.78 is 0. The van der Waals surface area contributed by atoms with Crippen molar-refractivity contribution < 1.29 is 9.90 Å². The van der Waals surface area contributed by atoms with Crippen LogP contribution in [0.15, 0.2) is 24.3 Å². The molecule has 0 bridgehead atoms. The Morgan fingerprint density at radius 1 is 1.43 bits per heavy atom. The van der Waals surface area contributed by atoms with Gasteiger partial charge in [-0.2, -0.15) is 0 Å². The third kappa shape index (κ3) is 0.637. The molecule has 1 aromatic rings. The van der Waals surface area contributed by atoms with E-state index in [0.29, 0.717) is 0 Å². The first kappa shape index (κ1) is 8.04. The Bertz CT molecular complexity index is 438. The molecule has 2 aliphatic carbocycles. The van der Waals surface area contributed by atoms with Gasteiger partial charge in [0.15, 0.2) is 0 Å². The lowest BCUT2D eigenvalue weighted by Gasteiger charge is -2.09. The number of carbonyl (C=O) groups is 1. The minimum atomic E-state index is -0.629. The molecule has 14 heavy (non-hydrogen) atoms. The van der Waals surface area contributed by atoms with E-state index < -0.39 is 11.4 Å². The molecule has 0 saturated heterocycles. The second kappa shape index (κ2) is 2.02.